The molecule has 1 aliphatic carbocycles. The van der Waals surface area contributed by atoms with E-state index in [-0.39, 0.29) is 16.7 Å². The lowest BCUT2D eigenvalue weighted by molar-refractivity contribution is -0.125. The highest BCUT2D eigenvalue weighted by molar-refractivity contribution is 5.87. The number of fused-ring (bicyclic) bond motifs is 1. The van der Waals surface area contributed by atoms with Crippen molar-refractivity contribution in [2.45, 2.75) is 58.9 Å². The Kier molecular flexibility index (Phi) is 6.14. The summed E-state index contributed by atoms with van der Waals surface area (Å²) >= 11 is 0. The summed E-state index contributed by atoms with van der Waals surface area (Å²) in [6, 6.07) is 13.1. The van der Waals surface area contributed by atoms with Crippen LogP contribution in [0, 0.1) is 6.92 Å². The van der Waals surface area contributed by atoms with Gasteiger partial charge in [-0.25, -0.2) is 0 Å². The van der Waals surface area contributed by atoms with Crippen molar-refractivity contribution < 1.29 is 4.79 Å². The topological polar surface area (TPSA) is 20.3 Å². The van der Waals surface area contributed by atoms with Gasteiger partial charge in [-0.2, -0.15) is 0 Å². The first-order chi connectivity index (χ1) is 14.5. The van der Waals surface area contributed by atoms with Crippen LogP contribution in [0.15, 0.2) is 67.3 Å². The maximum absolute atomic E-state index is 12.0. The van der Waals surface area contributed by atoms with Gasteiger partial charge in [-0.05, 0) is 64.9 Å². The van der Waals surface area contributed by atoms with Crippen molar-refractivity contribution in [1.82, 2.24) is 4.90 Å². The Hall–Kier alpha value is -2.87. The van der Waals surface area contributed by atoms with Gasteiger partial charge in [0.15, 0.2) is 0 Å². The number of hydrogen-bond acceptors (Lipinski definition) is 1. The van der Waals surface area contributed by atoms with Gasteiger partial charge in [-0.15, -0.1) is 0 Å². The molecule has 0 spiro atoms. The molecule has 2 aromatic rings. The van der Waals surface area contributed by atoms with Gasteiger partial charge >= 0.3 is 0 Å². The fourth-order valence-corrected chi connectivity index (χ4v) is 4.28. The van der Waals surface area contributed by atoms with Gasteiger partial charge in [0.1, 0.15) is 0 Å². The summed E-state index contributed by atoms with van der Waals surface area (Å²) in [7, 11) is 1.82. The third-order valence-electron chi connectivity index (χ3n) is 6.40. The van der Waals surface area contributed by atoms with Crippen molar-refractivity contribution in [3.8, 4) is 0 Å². The number of hydrogen-bond donors (Lipinski definition) is 0. The van der Waals surface area contributed by atoms with Crippen LogP contribution in [0.2, 0.25) is 0 Å². The number of likely N-dealkylation sites (N-methyl/N-ethyl adjacent to an activating group) is 1. The van der Waals surface area contributed by atoms with Crippen molar-refractivity contribution in [3.63, 3.8) is 0 Å². The van der Waals surface area contributed by atoms with Gasteiger partial charge in [0.05, 0.1) is 0 Å². The van der Waals surface area contributed by atoms with Crippen LogP contribution in [0.4, 0.5) is 0 Å². The fraction of sp³-hybridized carbons (Fsp3) is 0.345. The minimum Gasteiger partial charge on any atom is -0.338 e. The molecule has 0 saturated heterocycles. The average molecular weight is 414 g/mol. The average Bonchev–Trinajstić information content (AvgIpc) is 2.71. The van der Waals surface area contributed by atoms with E-state index in [2.05, 4.69) is 89.7 Å². The molecular formula is C29H35NO. The SMILES string of the molecule is C=C(c1ccc(CN(C)C(=O)/C=C\C)cc1)c1cc2c(cc1C)C(C)(C)C=CC2(C)C. The summed E-state index contributed by atoms with van der Waals surface area (Å²) in [5.41, 5.74) is 8.52. The van der Waals surface area contributed by atoms with Gasteiger partial charge in [0, 0.05) is 24.4 Å². The molecule has 31 heavy (non-hydrogen) atoms. The smallest absolute Gasteiger partial charge is 0.246 e. The largest absolute Gasteiger partial charge is 0.338 e. The molecule has 2 nitrogen and oxygen atoms in total. The van der Waals surface area contributed by atoms with E-state index in [4.69, 9.17) is 0 Å². The predicted octanol–water partition coefficient (Wildman–Crippen LogP) is 6.72. The molecule has 0 radical (unpaired) electrons. The first kappa shape index (κ1) is 22.8. The Morgan fingerprint density at radius 1 is 1.00 bits per heavy atom. The van der Waals surface area contributed by atoms with E-state index in [1.807, 2.05) is 14.0 Å². The highest BCUT2D eigenvalue weighted by atomic mass is 16.2. The van der Waals surface area contributed by atoms with Crippen LogP contribution in [0.3, 0.4) is 0 Å². The van der Waals surface area contributed by atoms with E-state index >= 15 is 0 Å². The number of aryl methyl sites for hydroxylation is 1. The van der Waals surface area contributed by atoms with Crippen molar-refractivity contribution in [2.24, 2.45) is 0 Å². The van der Waals surface area contributed by atoms with Crippen molar-refractivity contribution >= 4 is 11.5 Å². The zero-order chi connectivity index (χ0) is 23.0. The molecule has 3 rings (SSSR count). The lowest BCUT2D eigenvalue weighted by atomic mass is 9.67. The number of benzene rings is 2. The standard InChI is InChI=1S/C29H35NO/c1-9-10-27(31)30(8)19-22-11-13-23(14-12-22)21(3)24-18-26-25(17-20(24)2)28(4,5)15-16-29(26,6)7/h9-18H,3,19H2,1-2,4-8H3/b10-9-. The van der Waals surface area contributed by atoms with E-state index < -0.39 is 0 Å². The lowest BCUT2D eigenvalue weighted by Gasteiger charge is -2.37. The van der Waals surface area contributed by atoms with Gasteiger partial charge in [-0.3, -0.25) is 4.79 Å². The molecule has 0 bridgehead atoms. The van der Waals surface area contributed by atoms with Crippen LogP contribution >= 0.6 is 0 Å². The van der Waals surface area contributed by atoms with E-state index in [0.717, 1.165) is 16.7 Å². The van der Waals surface area contributed by atoms with E-state index in [0.29, 0.717) is 6.54 Å². The van der Waals surface area contributed by atoms with Gasteiger partial charge < -0.3 is 4.90 Å². The Bertz CT molecular complexity index is 1060. The van der Waals surface area contributed by atoms with E-state index in [9.17, 15) is 4.79 Å². The summed E-state index contributed by atoms with van der Waals surface area (Å²) in [6.07, 6.45) is 8.02. The highest BCUT2D eigenvalue weighted by Crippen LogP contribution is 2.43. The normalized spacial score (nSPS) is 16.2. The molecule has 0 saturated carbocycles. The zero-order valence-corrected chi connectivity index (χ0v) is 20.0. The summed E-state index contributed by atoms with van der Waals surface area (Å²) in [6.45, 7) is 18.2. The van der Waals surface area contributed by atoms with Crippen LogP contribution in [-0.4, -0.2) is 17.9 Å². The van der Waals surface area contributed by atoms with Crippen molar-refractivity contribution in [2.75, 3.05) is 7.05 Å². The molecule has 0 aromatic heterocycles. The molecule has 0 aliphatic heterocycles. The lowest BCUT2D eigenvalue weighted by Crippen LogP contribution is -2.29. The van der Waals surface area contributed by atoms with Gasteiger partial charge in [0.25, 0.3) is 0 Å². The maximum Gasteiger partial charge on any atom is 0.246 e. The number of amides is 1. The maximum atomic E-state index is 12.0. The van der Waals surface area contributed by atoms with Crippen LogP contribution in [0.1, 0.15) is 68.0 Å². The Labute approximate surface area is 188 Å². The third-order valence-corrected chi connectivity index (χ3v) is 6.40. The Balaban J connectivity index is 1.90. The van der Waals surface area contributed by atoms with E-state index in [1.165, 1.54) is 22.3 Å². The monoisotopic (exact) mass is 413 g/mol. The molecule has 0 unspecified atom stereocenters. The molecular weight excluding hydrogens is 378 g/mol. The predicted molar refractivity (Wildman–Crippen MR) is 132 cm³/mol. The van der Waals surface area contributed by atoms with Crippen LogP contribution in [0.5, 0.6) is 0 Å². The first-order valence-electron chi connectivity index (χ1n) is 11.0. The quantitative estimate of drug-likeness (QED) is 0.394. The number of allylic oxidation sites excluding steroid dienone is 3. The third kappa shape index (κ3) is 4.58. The van der Waals surface area contributed by atoms with Crippen molar-refractivity contribution in [3.05, 3.63) is 101 Å². The Morgan fingerprint density at radius 3 is 2.10 bits per heavy atom. The number of carbonyl (C=O) groups excluding carboxylic acids is 1. The molecule has 0 atom stereocenters. The Morgan fingerprint density at radius 2 is 1.55 bits per heavy atom. The summed E-state index contributed by atoms with van der Waals surface area (Å²) < 4.78 is 0. The molecule has 0 heterocycles. The van der Waals surface area contributed by atoms with Crippen LogP contribution < -0.4 is 0 Å². The molecule has 1 aliphatic rings. The molecule has 2 aromatic carbocycles. The summed E-state index contributed by atoms with van der Waals surface area (Å²) in [4.78, 5) is 13.7. The van der Waals surface area contributed by atoms with Crippen LogP contribution in [-0.2, 0) is 22.2 Å². The second-order valence-corrected chi connectivity index (χ2v) is 9.86. The van der Waals surface area contributed by atoms with E-state index in [1.54, 1.807) is 17.1 Å². The first-order valence-corrected chi connectivity index (χ1v) is 11.0. The number of nitrogens with zero attached hydrogens (tertiary/aromatic N) is 1. The minimum absolute atomic E-state index is 0.00149. The summed E-state index contributed by atoms with van der Waals surface area (Å²) in [5.74, 6) is 0.0141. The minimum atomic E-state index is 0.00149. The second kappa shape index (κ2) is 8.34. The molecule has 0 fully saturated rings. The number of carbonyl (C=O) groups is 1. The molecule has 2 heteroatoms. The molecule has 0 N–H and O–H groups in total. The molecule has 162 valence electrons. The van der Waals surface area contributed by atoms with Crippen LogP contribution in [0.25, 0.3) is 5.57 Å². The van der Waals surface area contributed by atoms with Gasteiger partial charge in [0.2, 0.25) is 5.91 Å². The molecule has 1 amide bonds. The highest BCUT2D eigenvalue weighted by Gasteiger charge is 2.33. The van der Waals surface area contributed by atoms with Gasteiger partial charge in [-0.1, -0.05) is 82.8 Å². The fourth-order valence-electron chi connectivity index (χ4n) is 4.28. The number of rotatable bonds is 5. The zero-order valence-electron chi connectivity index (χ0n) is 20.0. The van der Waals surface area contributed by atoms with Crippen molar-refractivity contribution in [1.29, 1.82) is 0 Å². The summed E-state index contributed by atoms with van der Waals surface area (Å²) in [5, 5.41) is 0. The second-order valence-electron chi connectivity index (χ2n) is 9.86.